The molecule has 2 atom stereocenters. The lowest BCUT2D eigenvalue weighted by molar-refractivity contribution is -0.106. The molecule has 1 fully saturated rings. The zero-order chi connectivity index (χ0) is 14.2. The summed E-state index contributed by atoms with van der Waals surface area (Å²) in [6, 6.07) is 8.31. The van der Waals surface area contributed by atoms with E-state index in [0.717, 1.165) is 19.5 Å². The van der Waals surface area contributed by atoms with Crippen molar-refractivity contribution in [2.24, 2.45) is 0 Å². The number of aliphatic hydroxyl groups is 2. The van der Waals surface area contributed by atoms with Crippen molar-refractivity contribution in [3.05, 3.63) is 36.0 Å². The molecule has 4 heteroatoms. The number of aromatic amines is 1. The van der Waals surface area contributed by atoms with Crippen LogP contribution in [0.25, 0.3) is 10.9 Å². The summed E-state index contributed by atoms with van der Waals surface area (Å²) in [6.07, 6.45) is 3.00. The molecular formula is C16H22N2O2. The maximum absolute atomic E-state index is 9.97. The lowest BCUT2D eigenvalue weighted by Crippen LogP contribution is -2.54. The first-order valence-electron chi connectivity index (χ1n) is 7.24. The number of nitrogens with one attached hydrogen (secondary N) is 1. The minimum Gasteiger partial charge on any atom is -0.389 e. The van der Waals surface area contributed by atoms with Crippen LogP contribution in [0.5, 0.6) is 0 Å². The third-order valence-corrected chi connectivity index (χ3v) is 4.46. The van der Waals surface area contributed by atoms with Gasteiger partial charge in [0.1, 0.15) is 0 Å². The van der Waals surface area contributed by atoms with Crippen molar-refractivity contribution >= 4 is 10.9 Å². The number of para-hydroxylation sites is 1. The molecule has 0 spiro atoms. The molecule has 2 unspecified atom stereocenters. The summed E-state index contributed by atoms with van der Waals surface area (Å²) < 4.78 is 0. The number of piperidine rings is 1. The van der Waals surface area contributed by atoms with Crippen molar-refractivity contribution in [3.8, 4) is 0 Å². The van der Waals surface area contributed by atoms with Gasteiger partial charge in [0.15, 0.2) is 0 Å². The molecule has 1 aliphatic rings. The zero-order valence-electron chi connectivity index (χ0n) is 11.8. The highest BCUT2D eigenvalue weighted by molar-refractivity contribution is 5.83. The summed E-state index contributed by atoms with van der Waals surface area (Å²) in [4.78, 5) is 5.52. The molecule has 1 aromatic heterocycles. The number of benzene rings is 1. The molecule has 0 saturated carbocycles. The van der Waals surface area contributed by atoms with Crippen LogP contribution >= 0.6 is 0 Å². The summed E-state index contributed by atoms with van der Waals surface area (Å²) >= 11 is 0. The number of nitrogens with zero attached hydrogens (tertiary/aromatic N) is 1. The van der Waals surface area contributed by atoms with E-state index >= 15 is 0 Å². The highest BCUT2D eigenvalue weighted by atomic mass is 16.3. The van der Waals surface area contributed by atoms with Gasteiger partial charge in [-0.1, -0.05) is 18.2 Å². The zero-order valence-corrected chi connectivity index (χ0v) is 11.8. The second-order valence-electron chi connectivity index (χ2n) is 6.03. The SMILES string of the molecule is CC1(O)CCN(CCc2c[nH]c3ccccc23)CC1O. The number of aromatic nitrogens is 1. The molecule has 1 saturated heterocycles. The third kappa shape index (κ3) is 2.59. The highest BCUT2D eigenvalue weighted by Gasteiger charge is 2.35. The normalized spacial score (nSPS) is 28.1. The molecule has 1 aromatic carbocycles. The van der Waals surface area contributed by atoms with Crippen LogP contribution in [0.3, 0.4) is 0 Å². The Hall–Kier alpha value is -1.36. The number of fused-ring (bicyclic) bond motifs is 1. The Balaban J connectivity index is 1.63. The van der Waals surface area contributed by atoms with E-state index < -0.39 is 11.7 Å². The van der Waals surface area contributed by atoms with Gasteiger partial charge in [0.2, 0.25) is 0 Å². The largest absolute Gasteiger partial charge is 0.389 e. The second-order valence-corrected chi connectivity index (χ2v) is 6.03. The topological polar surface area (TPSA) is 59.5 Å². The summed E-state index contributed by atoms with van der Waals surface area (Å²) in [7, 11) is 0. The number of H-pyrrole nitrogens is 1. The Morgan fingerprint density at radius 1 is 1.40 bits per heavy atom. The molecule has 2 aromatic rings. The van der Waals surface area contributed by atoms with Crippen molar-refractivity contribution in [1.29, 1.82) is 0 Å². The first-order valence-corrected chi connectivity index (χ1v) is 7.24. The van der Waals surface area contributed by atoms with Crippen LogP contribution in [0.1, 0.15) is 18.9 Å². The van der Waals surface area contributed by atoms with E-state index in [1.807, 2.05) is 6.07 Å². The van der Waals surface area contributed by atoms with Crippen LogP contribution in [0, 0.1) is 0 Å². The fourth-order valence-corrected chi connectivity index (χ4v) is 2.90. The van der Waals surface area contributed by atoms with E-state index in [0.29, 0.717) is 13.0 Å². The van der Waals surface area contributed by atoms with E-state index in [-0.39, 0.29) is 0 Å². The summed E-state index contributed by atoms with van der Waals surface area (Å²) in [5.74, 6) is 0. The molecule has 3 rings (SSSR count). The average molecular weight is 274 g/mol. The van der Waals surface area contributed by atoms with E-state index in [4.69, 9.17) is 0 Å². The molecular weight excluding hydrogens is 252 g/mol. The van der Waals surface area contributed by atoms with Crippen molar-refractivity contribution in [2.45, 2.75) is 31.5 Å². The van der Waals surface area contributed by atoms with E-state index in [1.54, 1.807) is 6.92 Å². The molecule has 0 aliphatic carbocycles. The number of rotatable bonds is 3. The highest BCUT2D eigenvalue weighted by Crippen LogP contribution is 2.23. The van der Waals surface area contributed by atoms with Crippen LogP contribution in [0.15, 0.2) is 30.5 Å². The van der Waals surface area contributed by atoms with Crippen molar-refractivity contribution in [2.75, 3.05) is 19.6 Å². The van der Waals surface area contributed by atoms with Gasteiger partial charge in [0.05, 0.1) is 11.7 Å². The van der Waals surface area contributed by atoms with Gasteiger partial charge in [0, 0.05) is 36.7 Å². The molecule has 2 heterocycles. The third-order valence-electron chi connectivity index (χ3n) is 4.46. The fraction of sp³-hybridized carbons (Fsp3) is 0.500. The maximum atomic E-state index is 9.97. The monoisotopic (exact) mass is 274 g/mol. The summed E-state index contributed by atoms with van der Waals surface area (Å²) in [6.45, 7) is 4.02. The van der Waals surface area contributed by atoms with E-state index in [1.165, 1.54) is 16.5 Å². The van der Waals surface area contributed by atoms with Gasteiger partial charge in [-0.2, -0.15) is 0 Å². The minimum absolute atomic E-state index is 0.551. The quantitative estimate of drug-likeness (QED) is 0.795. The number of likely N-dealkylation sites (tertiary alicyclic amines) is 1. The van der Waals surface area contributed by atoms with Crippen molar-refractivity contribution < 1.29 is 10.2 Å². The maximum Gasteiger partial charge on any atom is 0.0951 e. The standard InChI is InChI=1S/C16H22N2O2/c1-16(20)7-9-18(11-15(16)19)8-6-12-10-17-14-5-3-2-4-13(12)14/h2-5,10,15,17,19-20H,6-9,11H2,1H3. The lowest BCUT2D eigenvalue weighted by Gasteiger charge is -2.39. The van der Waals surface area contributed by atoms with Gasteiger partial charge in [0.25, 0.3) is 0 Å². The van der Waals surface area contributed by atoms with Crippen LogP contribution < -0.4 is 0 Å². The van der Waals surface area contributed by atoms with Crippen LogP contribution in [-0.2, 0) is 6.42 Å². The van der Waals surface area contributed by atoms with Gasteiger partial charge in [-0.15, -0.1) is 0 Å². The number of hydrogen-bond acceptors (Lipinski definition) is 3. The molecule has 20 heavy (non-hydrogen) atoms. The number of β-amino-alcohol motifs (C(OH)–C–C–N with tert-alkyl or cyclic N) is 1. The van der Waals surface area contributed by atoms with Gasteiger partial charge in [-0.3, -0.25) is 0 Å². The smallest absolute Gasteiger partial charge is 0.0951 e. The average Bonchev–Trinajstić information content (AvgIpc) is 2.84. The molecule has 4 nitrogen and oxygen atoms in total. The van der Waals surface area contributed by atoms with Crippen molar-refractivity contribution in [3.63, 3.8) is 0 Å². The van der Waals surface area contributed by atoms with Gasteiger partial charge in [-0.05, 0) is 31.4 Å². The first-order chi connectivity index (χ1) is 9.56. The number of aliphatic hydroxyl groups excluding tert-OH is 1. The Morgan fingerprint density at radius 2 is 2.20 bits per heavy atom. The number of hydrogen-bond donors (Lipinski definition) is 3. The Kier molecular flexibility index (Phi) is 3.54. The fourth-order valence-electron chi connectivity index (χ4n) is 2.90. The summed E-state index contributed by atoms with van der Waals surface area (Å²) in [5, 5.41) is 21.2. The van der Waals surface area contributed by atoms with E-state index in [9.17, 15) is 10.2 Å². The second kappa shape index (κ2) is 5.20. The van der Waals surface area contributed by atoms with Crippen LogP contribution in [0.4, 0.5) is 0 Å². The Bertz CT molecular complexity index is 591. The van der Waals surface area contributed by atoms with Gasteiger partial charge >= 0.3 is 0 Å². The molecule has 0 amide bonds. The molecule has 0 radical (unpaired) electrons. The predicted octanol–water partition coefficient (Wildman–Crippen LogP) is 1.53. The van der Waals surface area contributed by atoms with Crippen LogP contribution in [-0.4, -0.2) is 51.4 Å². The molecule has 0 bridgehead atoms. The van der Waals surface area contributed by atoms with Crippen molar-refractivity contribution in [1.82, 2.24) is 9.88 Å². The molecule has 3 N–H and O–H groups in total. The predicted molar refractivity (Wildman–Crippen MR) is 79.7 cm³/mol. The Labute approximate surface area is 119 Å². The minimum atomic E-state index is -0.933. The molecule has 108 valence electrons. The van der Waals surface area contributed by atoms with Crippen LogP contribution in [0.2, 0.25) is 0 Å². The molecule has 1 aliphatic heterocycles. The van der Waals surface area contributed by atoms with Gasteiger partial charge in [-0.25, -0.2) is 0 Å². The lowest BCUT2D eigenvalue weighted by atomic mass is 9.90. The first kappa shape index (κ1) is 13.6. The van der Waals surface area contributed by atoms with E-state index in [2.05, 4.69) is 34.3 Å². The van der Waals surface area contributed by atoms with Gasteiger partial charge < -0.3 is 20.1 Å². The Morgan fingerprint density at radius 3 is 3.00 bits per heavy atom. The summed E-state index contributed by atoms with van der Waals surface area (Å²) in [5.41, 5.74) is 1.55.